The fourth-order valence-electron chi connectivity index (χ4n) is 1.59. The maximum Gasteiger partial charge on any atom is 0.136 e. The number of benzene rings is 2. The number of nitrogen functional groups attached to an aromatic ring is 1. The van der Waals surface area contributed by atoms with E-state index in [1.807, 2.05) is 19.1 Å². The van der Waals surface area contributed by atoms with Crippen molar-refractivity contribution in [1.82, 2.24) is 0 Å². The molecule has 0 aromatic heterocycles. The highest BCUT2D eigenvalue weighted by Crippen LogP contribution is 2.28. The Bertz CT molecular complexity index is 495. The molecule has 0 aliphatic rings. The lowest BCUT2D eigenvalue weighted by molar-refractivity contribution is 0.591. The Morgan fingerprint density at radius 3 is 1.94 bits per heavy atom. The van der Waals surface area contributed by atoms with Gasteiger partial charge in [0.2, 0.25) is 0 Å². The smallest absolute Gasteiger partial charge is 0.136 e. The molecular weight excluding hydrogens is 208 g/mol. The van der Waals surface area contributed by atoms with Gasteiger partial charge in [-0.1, -0.05) is 29.8 Å². The van der Waals surface area contributed by atoms with Gasteiger partial charge in [0.05, 0.1) is 5.56 Å². The van der Waals surface area contributed by atoms with E-state index in [1.54, 1.807) is 12.1 Å². The van der Waals surface area contributed by atoms with Crippen LogP contribution < -0.4 is 5.73 Å². The molecule has 2 N–H and O–H groups in total. The van der Waals surface area contributed by atoms with E-state index < -0.39 is 11.6 Å². The molecule has 16 heavy (non-hydrogen) atoms. The second kappa shape index (κ2) is 3.93. The van der Waals surface area contributed by atoms with Crippen LogP contribution in [0.15, 0.2) is 36.4 Å². The molecule has 0 aliphatic carbocycles. The highest BCUT2D eigenvalue weighted by molar-refractivity contribution is 5.67. The highest BCUT2D eigenvalue weighted by Gasteiger charge is 2.11. The minimum absolute atomic E-state index is 0.0331. The highest BCUT2D eigenvalue weighted by atomic mass is 19.1. The fourth-order valence-corrected chi connectivity index (χ4v) is 1.59. The molecular formula is C13H11F2N. The molecule has 3 heteroatoms. The Kier molecular flexibility index (Phi) is 2.60. The number of halogens is 2. The third kappa shape index (κ3) is 1.89. The van der Waals surface area contributed by atoms with E-state index in [0.717, 1.165) is 17.7 Å². The first-order valence-corrected chi connectivity index (χ1v) is 4.89. The quantitative estimate of drug-likeness (QED) is 0.729. The lowest BCUT2D eigenvalue weighted by atomic mass is 10.0. The van der Waals surface area contributed by atoms with Crippen LogP contribution in [-0.4, -0.2) is 0 Å². The van der Waals surface area contributed by atoms with Gasteiger partial charge in [0.15, 0.2) is 0 Å². The molecule has 0 heterocycles. The number of anilines is 1. The second-order valence-corrected chi connectivity index (χ2v) is 3.73. The zero-order valence-corrected chi connectivity index (χ0v) is 8.80. The summed E-state index contributed by atoms with van der Waals surface area (Å²) in [5.41, 5.74) is 6.96. The first-order valence-electron chi connectivity index (χ1n) is 4.89. The molecule has 0 saturated heterocycles. The molecule has 2 rings (SSSR count). The Hall–Kier alpha value is -1.90. The predicted molar refractivity (Wildman–Crippen MR) is 60.9 cm³/mol. The van der Waals surface area contributed by atoms with Gasteiger partial charge in [-0.2, -0.15) is 0 Å². The van der Waals surface area contributed by atoms with Crippen LogP contribution in [0.1, 0.15) is 5.56 Å². The van der Waals surface area contributed by atoms with Crippen LogP contribution in [0.25, 0.3) is 11.1 Å². The van der Waals surface area contributed by atoms with E-state index in [-0.39, 0.29) is 11.3 Å². The molecule has 0 atom stereocenters. The maximum absolute atomic E-state index is 13.6. The van der Waals surface area contributed by atoms with E-state index >= 15 is 0 Å². The molecule has 0 saturated carbocycles. The van der Waals surface area contributed by atoms with Gasteiger partial charge in [0.1, 0.15) is 11.6 Å². The van der Waals surface area contributed by atoms with Gasteiger partial charge in [-0.15, -0.1) is 0 Å². The third-order valence-corrected chi connectivity index (χ3v) is 2.40. The Morgan fingerprint density at radius 1 is 0.938 bits per heavy atom. The summed E-state index contributed by atoms with van der Waals surface area (Å²) in [5, 5.41) is 0. The summed E-state index contributed by atoms with van der Waals surface area (Å²) in [5.74, 6) is -1.28. The molecule has 0 radical (unpaired) electrons. The summed E-state index contributed by atoms with van der Waals surface area (Å²) in [7, 11) is 0. The zero-order chi connectivity index (χ0) is 11.7. The molecule has 0 bridgehead atoms. The van der Waals surface area contributed by atoms with Crippen LogP contribution in [0.5, 0.6) is 0 Å². The van der Waals surface area contributed by atoms with Crippen molar-refractivity contribution >= 4 is 5.69 Å². The van der Waals surface area contributed by atoms with E-state index in [9.17, 15) is 8.78 Å². The average molecular weight is 219 g/mol. The summed E-state index contributed by atoms with van der Waals surface area (Å²) in [6, 6.07) is 9.24. The van der Waals surface area contributed by atoms with Crippen LogP contribution in [0.2, 0.25) is 0 Å². The van der Waals surface area contributed by atoms with Crippen molar-refractivity contribution in [2.75, 3.05) is 5.73 Å². The van der Waals surface area contributed by atoms with Crippen LogP contribution in [-0.2, 0) is 0 Å². The van der Waals surface area contributed by atoms with Gasteiger partial charge in [-0.3, -0.25) is 0 Å². The molecule has 0 fully saturated rings. The number of hydrogen-bond acceptors (Lipinski definition) is 1. The molecule has 2 aromatic carbocycles. The molecule has 2 aromatic rings. The van der Waals surface area contributed by atoms with Crippen molar-refractivity contribution in [2.24, 2.45) is 0 Å². The largest absolute Gasteiger partial charge is 0.399 e. The summed E-state index contributed by atoms with van der Waals surface area (Å²) >= 11 is 0. The lowest BCUT2D eigenvalue weighted by Crippen LogP contribution is -1.94. The summed E-state index contributed by atoms with van der Waals surface area (Å²) < 4.78 is 27.2. The molecule has 82 valence electrons. The maximum atomic E-state index is 13.6. The van der Waals surface area contributed by atoms with Gasteiger partial charge in [0, 0.05) is 5.69 Å². The van der Waals surface area contributed by atoms with E-state index in [1.165, 1.54) is 0 Å². The Morgan fingerprint density at radius 2 is 1.44 bits per heavy atom. The monoisotopic (exact) mass is 219 g/mol. The van der Waals surface area contributed by atoms with Gasteiger partial charge in [-0.05, 0) is 24.6 Å². The van der Waals surface area contributed by atoms with Crippen LogP contribution in [0, 0.1) is 18.6 Å². The normalized spacial score (nSPS) is 10.4. The van der Waals surface area contributed by atoms with E-state index in [0.29, 0.717) is 5.56 Å². The SMILES string of the molecule is Cc1ccc(-c2c(F)cc(N)cc2F)cc1. The van der Waals surface area contributed by atoms with Crippen molar-refractivity contribution < 1.29 is 8.78 Å². The zero-order valence-electron chi connectivity index (χ0n) is 8.80. The Balaban J connectivity index is 2.60. The number of hydrogen-bond donors (Lipinski definition) is 1. The number of aryl methyl sites for hydroxylation is 1. The molecule has 0 spiro atoms. The van der Waals surface area contributed by atoms with Gasteiger partial charge < -0.3 is 5.73 Å². The van der Waals surface area contributed by atoms with Crippen LogP contribution in [0.4, 0.5) is 14.5 Å². The van der Waals surface area contributed by atoms with Crippen molar-refractivity contribution in [2.45, 2.75) is 6.92 Å². The standard InChI is InChI=1S/C13H11F2N/c1-8-2-4-9(5-3-8)13-11(14)6-10(16)7-12(13)15/h2-7H,16H2,1H3. The fraction of sp³-hybridized carbons (Fsp3) is 0.0769. The number of rotatable bonds is 1. The average Bonchev–Trinajstić information content (AvgIpc) is 2.19. The summed E-state index contributed by atoms with van der Waals surface area (Å²) in [4.78, 5) is 0. The first-order chi connectivity index (χ1) is 7.58. The lowest BCUT2D eigenvalue weighted by Gasteiger charge is -2.06. The second-order valence-electron chi connectivity index (χ2n) is 3.73. The molecule has 0 amide bonds. The topological polar surface area (TPSA) is 26.0 Å². The van der Waals surface area contributed by atoms with E-state index in [4.69, 9.17) is 5.73 Å². The van der Waals surface area contributed by atoms with Crippen molar-refractivity contribution in [3.63, 3.8) is 0 Å². The molecule has 1 nitrogen and oxygen atoms in total. The van der Waals surface area contributed by atoms with Crippen LogP contribution in [0.3, 0.4) is 0 Å². The Labute approximate surface area is 92.5 Å². The van der Waals surface area contributed by atoms with Crippen molar-refractivity contribution in [3.05, 3.63) is 53.6 Å². The van der Waals surface area contributed by atoms with Crippen LogP contribution >= 0.6 is 0 Å². The molecule has 0 aliphatic heterocycles. The summed E-state index contributed by atoms with van der Waals surface area (Å²) in [6.45, 7) is 1.92. The van der Waals surface area contributed by atoms with Gasteiger partial charge in [-0.25, -0.2) is 8.78 Å². The minimum atomic E-state index is -0.638. The predicted octanol–water partition coefficient (Wildman–Crippen LogP) is 3.52. The summed E-state index contributed by atoms with van der Waals surface area (Å²) in [6.07, 6.45) is 0. The van der Waals surface area contributed by atoms with Crippen molar-refractivity contribution in [1.29, 1.82) is 0 Å². The third-order valence-electron chi connectivity index (χ3n) is 2.40. The first kappa shape index (κ1) is 10.6. The van der Waals surface area contributed by atoms with Gasteiger partial charge in [0.25, 0.3) is 0 Å². The molecule has 0 unspecified atom stereocenters. The van der Waals surface area contributed by atoms with Crippen molar-refractivity contribution in [3.8, 4) is 11.1 Å². The van der Waals surface area contributed by atoms with Gasteiger partial charge >= 0.3 is 0 Å². The minimum Gasteiger partial charge on any atom is -0.399 e. The number of nitrogens with two attached hydrogens (primary N) is 1. The van der Waals surface area contributed by atoms with E-state index in [2.05, 4.69) is 0 Å².